The molecule has 0 spiro atoms. The van der Waals surface area contributed by atoms with E-state index >= 15 is 0 Å². The van der Waals surface area contributed by atoms with Crippen molar-refractivity contribution in [2.24, 2.45) is 0 Å². The molecule has 0 radical (unpaired) electrons. The molecular weight excluding hydrogens is 342 g/mol. The van der Waals surface area contributed by atoms with Crippen LogP contribution in [-0.2, 0) is 19.1 Å². The number of aromatic nitrogens is 1. The lowest BCUT2D eigenvalue weighted by molar-refractivity contribution is -0.153. The molecule has 1 aromatic heterocycles. The number of carbonyl (C=O) groups is 2. The summed E-state index contributed by atoms with van der Waals surface area (Å²) in [6.07, 6.45) is -1.07. The first kappa shape index (κ1) is 18.9. The summed E-state index contributed by atoms with van der Waals surface area (Å²) in [6, 6.07) is 9.09. The van der Waals surface area contributed by atoms with E-state index in [2.05, 4.69) is 11.6 Å². The fraction of sp³-hybridized carbons (Fsp3) is 0.316. The number of benzene rings is 1. The van der Waals surface area contributed by atoms with Crippen LogP contribution in [0.15, 0.2) is 42.5 Å². The summed E-state index contributed by atoms with van der Waals surface area (Å²) < 4.78 is 10.6. The van der Waals surface area contributed by atoms with E-state index in [9.17, 15) is 9.59 Å². The van der Waals surface area contributed by atoms with Crippen molar-refractivity contribution in [1.29, 1.82) is 0 Å². The Morgan fingerprint density at radius 3 is 2.48 bits per heavy atom. The van der Waals surface area contributed by atoms with Crippen molar-refractivity contribution < 1.29 is 19.1 Å². The molecule has 0 bridgehead atoms. The Hall–Kier alpha value is -2.40. The van der Waals surface area contributed by atoms with Crippen LogP contribution < -0.4 is 0 Å². The monoisotopic (exact) mass is 361 g/mol. The summed E-state index contributed by atoms with van der Waals surface area (Å²) in [5.41, 5.74) is 0.350. The first-order valence-electron chi connectivity index (χ1n) is 7.73. The van der Waals surface area contributed by atoms with Crippen molar-refractivity contribution in [3.05, 3.63) is 53.2 Å². The lowest BCUT2D eigenvalue weighted by Gasteiger charge is -2.24. The van der Waals surface area contributed by atoms with Crippen molar-refractivity contribution in [2.75, 3.05) is 0 Å². The third-order valence-corrected chi connectivity index (χ3v) is 3.55. The van der Waals surface area contributed by atoms with E-state index in [1.807, 2.05) is 24.3 Å². The first-order chi connectivity index (χ1) is 11.6. The molecule has 2 rings (SSSR count). The lowest BCUT2D eigenvalue weighted by Crippen LogP contribution is -2.27. The molecule has 132 valence electrons. The smallest absolute Gasteiger partial charge is 0.338 e. The molecule has 0 N–H and O–H groups in total. The quantitative estimate of drug-likeness (QED) is 0.459. The molecule has 0 aliphatic carbocycles. The molecule has 5 nitrogen and oxygen atoms in total. The number of ether oxygens (including phenoxy) is 2. The van der Waals surface area contributed by atoms with Crippen LogP contribution in [0.4, 0.5) is 0 Å². The molecule has 2 aromatic rings. The molecule has 1 unspecified atom stereocenters. The second-order valence-corrected chi connectivity index (χ2v) is 6.94. The summed E-state index contributed by atoms with van der Waals surface area (Å²) >= 11 is 6.27. The SMILES string of the molecule is C=C(C(=O)OC(C)(C)C)C(OC(C)=O)c1cc2ccccc2nc1Cl. The Labute approximate surface area is 151 Å². The van der Waals surface area contributed by atoms with E-state index in [0.717, 1.165) is 5.39 Å². The largest absolute Gasteiger partial charge is 0.457 e. The lowest BCUT2D eigenvalue weighted by atomic mass is 10.0. The highest BCUT2D eigenvalue weighted by Crippen LogP contribution is 2.33. The zero-order valence-corrected chi connectivity index (χ0v) is 15.4. The third kappa shape index (κ3) is 4.79. The maximum Gasteiger partial charge on any atom is 0.338 e. The van der Waals surface area contributed by atoms with Gasteiger partial charge in [0.15, 0.2) is 6.10 Å². The summed E-state index contributed by atoms with van der Waals surface area (Å²) in [7, 11) is 0. The van der Waals surface area contributed by atoms with Crippen LogP contribution in [0.1, 0.15) is 39.4 Å². The van der Waals surface area contributed by atoms with E-state index < -0.39 is 23.6 Å². The average Bonchev–Trinajstić information content (AvgIpc) is 2.49. The average molecular weight is 362 g/mol. The second kappa shape index (κ2) is 7.23. The maximum atomic E-state index is 12.4. The minimum atomic E-state index is -1.07. The maximum absolute atomic E-state index is 12.4. The van der Waals surface area contributed by atoms with Crippen LogP contribution in [0.2, 0.25) is 5.15 Å². The third-order valence-electron chi connectivity index (χ3n) is 3.25. The van der Waals surface area contributed by atoms with Crippen LogP contribution in [0.25, 0.3) is 10.9 Å². The number of hydrogen-bond donors (Lipinski definition) is 0. The fourth-order valence-corrected chi connectivity index (χ4v) is 2.48. The minimum absolute atomic E-state index is 0.0240. The predicted molar refractivity (Wildman–Crippen MR) is 96.2 cm³/mol. The van der Waals surface area contributed by atoms with Crippen LogP contribution >= 0.6 is 11.6 Å². The van der Waals surface area contributed by atoms with Crippen molar-refractivity contribution in [1.82, 2.24) is 4.98 Å². The minimum Gasteiger partial charge on any atom is -0.457 e. The van der Waals surface area contributed by atoms with Gasteiger partial charge in [-0.2, -0.15) is 0 Å². The Kier molecular flexibility index (Phi) is 5.48. The molecule has 1 heterocycles. The molecule has 6 heteroatoms. The van der Waals surface area contributed by atoms with Crippen molar-refractivity contribution in [2.45, 2.75) is 39.4 Å². The molecular formula is C19H20ClNO4. The Morgan fingerprint density at radius 2 is 1.88 bits per heavy atom. The summed E-state index contributed by atoms with van der Waals surface area (Å²) in [4.78, 5) is 28.2. The van der Waals surface area contributed by atoms with Crippen LogP contribution in [-0.4, -0.2) is 22.5 Å². The molecule has 0 fully saturated rings. The number of esters is 2. The molecule has 0 aliphatic rings. The fourth-order valence-electron chi connectivity index (χ4n) is 2.23. The first-order valence-corrected chi connectivity index (χ1v) is 8.11. The number of fused-ring (bicyclic) bond motifs is 1. The molecule has 1 atom stereocenters. The summed E-state index contributed by atoms with van der Waals surface area (Å²) in [5, 5.41) is 0.936. The molecule has 0 saturated heterocycles. The topological polar surface area (TPSA) is 65.5 Å². The van der Waals surface area contributed by atoms with Gasteiger partial charge in [0.2, 0.25) is 0 Å². The highest BCUT2D eigenvalue weighted by atomic mass is 35.5. The Bertz CT molecular complexity index is 839. The van der Waals surface area contributed by atoms with Crippen molar-refractivity contribution >= 4 is 34.4 Å². The van der Waals surface area contributed by atoms with Crippen LogP contribution in [0.3, 0.4) is 0 Å². The van der Waals surface area contributed by atoms with Crippen LogP contribution in [0.5, 0.6) is 0 Å². The van der Waals surface area contributed by atoms with Gasteiger partial charge < -0.3 is 9.47 Å². The van der Waals surface area contributed by atoms with Gasteiger partial charge in [-0.15, -0.1) is 0 Å². The van der Waals surface area contributed by atoms with Gasteiger partial charge in [0, 0.05) is 17.9 Å². The molecule has 0 saturated carbocycles. The Balaban J connectivity index is 2.47. The molecule has 0 amide bonds. The van der Waals surface area contributed by atoms with Gasteiger partial charge >= 0.3 is 11.9 Å². The van der Waals surface area contributed by atoms with E-state index in [0.29, 0.717) is 11.1 Å². The zero-order valence-electron chi connectivity index (χ0n) is 14.6. The van der Waals surface area contributed by atoms with Crippen molar-refractivity contribution in [3.63, 3.8) is 0 Å². The van der Waals surface area contributed by atoms with Gasteiger partial charge in [-0.05, 0) is 32.9 Å². The molecule has 1 aromatic carbocycles. The number of pyridine rings is 1. The van der Waals surface area contributed by atoms with E-state index in [1.165, 1.54) is 6.92 Å². The van der Waals surface area contributed by atoms with Crippen LogP contribution in [0, 0.1) is 0 Å². The number of rotatable bonds is 4. The van der Waals surface area contributed by atoms with Crippen molar-refractivity contribution in [3.8, 4) is 0 Å². The van der Waals surface area contributed by atoms with Gasteiger partial charge in [0.1, 0.15) is 10.8 Å². The molecule has 25 heavy (non-hydrogen) atoms. The van der Waals surface area contributed by atoms with Gasteiger partial charge in [-0.25, -0.2) is 9.78 Å². The van der Waals surface area contributed by atoms with E-state index in [1.54, 1.807) is 26.8 Å². The van der Waals surface area contributed by atoms with Gasteiger partial charge in [0.05, 0.1) is 11.1 Å². The normalized spacial score (nSPS) is 12.5. The van der Waals surface area contributed by atoms with E-state index in [4.69, 9.17) is 21.1 Å². The number of nitrogens with zero attached hydrogens (tertiary/aromatic N) is 1. The standard InChI is InChI=1S/C19H20ClNO4/c1-11(18(23)25-19(3,4)5)16(24-12(2)22)14-10-13-8-6-7-9-15(13)21-17(14)20/h6-10,16H,1H2,2-5H3. The number of halogens is 1. The number of hydrogen-bond acceptors (Lipinski definition) is 5. The predicted octanol–water partition coefficient (Wildman–Crippen LogP) is 4.39. The Morgan fingerprint density at radius 1 is 1.24 bits per heavy atom. The van der Waals surface area contributed by atoms with Gasteiger partial charge in [-0.1, -0.05) is 36.4 Å². The van der Waals surface area contributed by atoms with E-state index in [-0.39, 0.29) is 10.7 Å². The number of para-hydroxylation sites is 1. The summed E-state index contributed by atoms with van der Waals surface area (Å²) in [6.45, 7) is 10.2. The highest BCUT2D eigenvalue weighted by molar-refractivity contribution is 6.30. The molecule has 0 aliphatic heterocycles. The number of carbonyl (C=O) groups excluding carboxylic acids is 2. The van der Waals surface area contributed by atoms with Gasteiger partial charge in [0.25, 0.3) is 0 Å². The van der Waals surface area contributed by atoms with Gasteiger partial charge in [-0.3, -0.25) is 4.79 Å². The summed E-state index contributed by atoms with van der Waals surface area (Å²) in [5.74, 6) is -1.23. The highest BCUT2D eigenvalue weighted by Gasteiger charge is 2.30. The zero-order chi connectivity index (χ0) is 18.8. The second-order valence-electron chi connectivity index (χ2n) is 6.58.